The predicted octanol–water partition coefficient (Wildman–Crippen LogP) is 3.96. The maximum absolute atomic E-state index is 14.7. The summed E-state index contributed by atoms with van der Waals surface area (Å²) in [5.41, 5.74) is 1.58. The average Bonchev–Trinajstić information content (AvgIpc) is 3.26. The van der Waals surface area contributed by atoms with Crippen LogP contribution in [0, 0.1) is 17.5 Å². The standard InChI is InChI=1S/C21H20F3N3OS/c22-16-5-4-14(12-18(16)24)13-26-7-9-27(10-8-26)19-15(2-1-3-17(19)23)20(28)21-25-6-11-29-21/h1-6,11-12,20,28H,7-10,13H2. The van der Waals surface area contributed by atoms with E-state index in [1.165, 1.54) is 23.5 Å². The van der Waals surface area contributed by atoms with Crippen LogP contribution in [-0.2, 0) is 6.54 Å². The van der Waals surface area contributed by atoms with Gasteiger partial charge in [0.2, 0.25) is 0 Å². The lowest BCUT2D eigenvalue weighted by molar-refractivity contribution is 0.217. The van der Waals surface area contributed by atoms with Crippen molar-refractivity contribution in [2.24, 2.45) is 0 Å². The highest BCUT2D eigenvalue weighted by molar-refractivity contribution is 7.09. The van der Waals surface area contributed by atoms with Crippen LogP contribution in [0.4, 0.5) is 18.9 Å². The van der Waals surface area contributed by atoms with Gasteiger partial charge in [-0.05, 0) is 23.8 Å². The minimum Gasteiger partial charge on any atom is -0.381 e. The van der Waals surface area contributed by atoms with Gasteiger partial charge >= 0.3 is 0 Å². The van der Waals surface area contributed by atoms with E-state index in [1.54, 1.807) is 29.8 Å². The molecule has 4 nitrogen and oxygen atoms in total. The van der Waals surface area contributed by atoms with Crippen molar-refractivity contribution in [2.45, 2.75) is 12.6 Å². The third-order valence-corrected chi connectivity index (χ3v) is 5.90. The maximum atomic E-state index is 14.7. The fourth-order valence-electron chi connectivity index (χ4n) is 3.61. The topological polar surface area (TPSA) is 39.6 Å². The summed E-state index contributed by atoms with van der Waals surface area (Å²) in [7, 11) is 0. The first kappa shape index (κ1) is 19.9. The molecule has 0 amide bonds. The van der Waals surface area contributed by atoms with Gasteiger partial charge in [-0.2, -0.15) is 0 Å². The molecule has 0 spiro atoms. The van der Waals surface area contributed by atoms with Gasteiger partial charge in [-0.25, -0.2) is 18.2 Å². The molecule has 1 aliphatic rings. The number of aliphatic hydroxyl groups is 1. The van der Waals surface area contributed by atoms with Crippen LogP contribution >= 0.6 is 11.3 Å². The molecule has 0 bridgehead atoms. The van der Waals surface area contributed by atoms with Crippen molar-refractivity contribution in [3.8, 4) is 0 Å². The van der Waals surface area contributed by atoms with E-state index in [2.05, 4.69) is 9.88 Å². The van der Waals surface area contributed by atoms with Gasteiger partial charge in [0.25, 0.3) is 0 Å². The van der Waals surface area contributed by atoms with Gasteiger partial charge in [0, 0.05) is 49.9 Å². The van der Waals surface area contributed by atoms with Crippen molar-refractivity contribution in [2.75, 3.05) is 31.1 Å². The van der Waals surface area contributed by atoms with E-state index in [0.717, 1.165) is 6.07 Å². The van der Waals surface area contributed by atoms with Crippen molar-refractivity contribution in [3.63, 3.8) is 0 Å². The number of anilines is 1. The van der Waals surface area contributed by atoms with Crippen LogP contribution < -0.4 is 4.90 Å². The number of thiazole rings is 1. The molecule has 1 atom stereocenters. The number of halogens is 3. The molecule has 0 radical (unpaired) electrons. The van der Waals surface area contributed by atoms with Gasteiger partial charge < -0.3 is 10.0 Å². The Labute approximate surface area is 170 Å². The van der Waals surface area contributed by atoms with Crippen LogP contribution in [0.5, 0.6) is 0 Å². The number of aliphatic hydroxyl groups excluding tert-OH is 1. The first-order chi connectivity index (χ1) is 14.0. The molecule has 3 aromatic rings. The van der Waals surface area contributed by atoms with Crippen molar-refractivity contribution < 1.29 is 18.3 Å². The summed E-state index contributed by atoms with van der Waals surface area (Å²) >= 11 is 1.32. The molecule has 1 aliphatic heterocycles. The zero-order valence-corrected chi connectivity index (χ0v) is 16.4. The minimum absolute atomic E-state index is 0.382. The third-order valence-electron chi connectivity index (χ3n) is 5.08. The highest BCUT2D eigenvalue weighted by atomic mass is 32.1. The Morgan fingerprint density at radius 1 is 1.00 bits per heavy atom. The summed E-state index contributed by atoms with van der Waals surface area (Å²) in [6.45, 7) is 2.89. The molecule has 1 unspecified atom stereocenters. The van der Waals surface area contributed by atoms with E-state index in [9.17, 15) is 18.3 Å². The summed E-state index contributed by atoms with van der Waals surface area (Å²) < 4.78 is 41.2. The molecule has 2 heterocycles. The second-order valence-electron chi connectivity index (χ2n) is 6.96. The van der Waals surface area contributed by atoms with Crippen LogP contribution in [0.25, 0.3) is 0 Å². The molecule has 1 aromatic heterocycles. The number of hydrogen-bond donors (Lipinski definition) is 1. The van der Waals surface area contributed by atoms with Crippen LogP contribution in [0.1, 0.15) is 22.2 Å². The van der Waals surface area contributed by atoms with Crippen molar-refractivity contribution in [3.05, 3.63) is 81.6 Å². The molecule has 29 heavy (non-hydrogen) atoms. The number of rotatable bonds is 5. The van der Waals surface area contributed by atoms with Gasteiger partial charge in [-0.1, -0.05) is 18.2 Å². The van der Waals surface area contributed by atoms with Gasteiger partial charge in [0.1, 0.15) is 16.9 Å². The van der Waals surface area contributed by atoms with Crippen LogP contribution in [0.3, 0.4) is 0 Å². The third kappa shape index (κ3) is 4.29. The Balaban J connectivity index is 1.48. The molecule has 2 aromatic carbocycles. The van der Waals surface area contributed by atoms with E-state index < -0.39 is 17.7 Å². The predicted molar refractivity (Wildman–Crippen MR) is 106 cm³/mol. The summed E-state index contributed by atoms with van der Waals surface area (Å²) in [4.78, 5) is 8.17. The summed E-state index contributed by atoms with van der Waals surface area (Å²) in [5, 5.41) is 13.0. The number of para-hydroxylation sites is 1. The van der Waals surface area contributed by atoms with Crippen LogP contribution in [-0.4, -0.2) is 41.2 Å². The molecule has 8 heteroatoms. The van der Waals surface area contributed by atoms with Gasteiger partial charge in [-0.3, -0.25) is 4.90 Å². The fourth-order valence-corrected chi connectivity index (χ4v) is 4.25. The molecule has 1 N–H and O–H groups in total. The summed E-state index contributed by atoms with van der Waals surface area (Å²) in [5.74, 6) is -2.09. The minimum atomic E-state index is -0.985. The first-order valence-electron chi connectivity index (χ1n) is 9.30. The number of hydrogen-bond acceptors (Lipinski definition) is 5. The second kappa shape index (κ2) is 8.52. The quantitative estimate of drug-likeness (QED) is 0.680. The Morgan fingerprint density at radius 3 is 2.48 bits per heavy atom. The highest BCUT2D eigenvalue weighted by Gasteiger charge is 2.26. The zero-order valence-electron chi connectivity index (χ0n) is 15.6. The Morgan fingerprint density at radius 2 is 1.79 bits per heavy atom. The average molecular weight is 419 g/mol. The lowest BCUT2D eigenvalue weighted by Crippen LogP contribution is -2.46. The molecule has 1 saturated heterocycles. The van der Waals surface area contributed by atoms with Gasteiger partial charge in [-0.15, -0.1) is 11.3 Å². The lowest BCUT2D eigenvalue weighted by atomic mass is 10.0. The van der Waals surface area contributed by atoms with Gasteiger partial charge in [0.15, 0.2) is 11.6 Å². The molecular weight excluding hydrogens is 399 g/mol. The molecule has 1 fully saturated rings. The Kier molecular flexibility index (Phi) is 5.84. The van der Waals surface area contributed by atoms with Crippen LogP contribution in [0.2, 0.25) is 0 Å². The summed E-state index contributed by atoms with van der Waals surface area (Å²) in [6.07, 6.45) is 0.625. The zero-order chi connectivity index (χ0) is 20.4. The number of benzene rings is 2. The fraction of sp³-hybridized carbons (Fsp3) is 0.286. The molecule has 4 rings (SSSR count). The number of aromatic nitrogens is 1. The molecule has 152 valence electrons. The van der Waals surface area contributed by atoms with Crippen molar-refractivity contribution in [1.29, 1.82) is 0 Å². The van der Waals surface area contributed by atoms with E-state index in [4.69, 9.17) is 0 Å². The lowest BCUT2D eigenvalue weighted by Gasteiger charge is -2.37. The van der Waals surface area contributed by atoms with E-state index in [-0.39, 0.29) is 5.82 Å². The highest BCUT2D eigenvalue weighted by Crippen LogP contribution is 2.34. The first-order valence-corrected chi connectivity index (χ1v) is 10.2. The van der Waals surface area contributed by atoms with Crippen molar-refractivity contribution in [1.82, 2.24) is 9.88 Å². The van der Waals surface area contributed by atoms with E-state index >= 15 is 0 Å². The number of nitrogens with zero attached hydrogens (tertiary/aromatic N) is 3. The smallest absolute Gasteiger partial charge is 0.159 e. The monoisotopic (exact) mass is 419 g/mol. The maximum Gasteiger partial charge on any atom is 0.159 e. The second-order valence-corrected chi connectivity index (χ2v) is 7.89. The molecular formula is C21H20F3N3OS. The van der Waals surface area contributed by atoms with Gasteiger partial charge in [0.05, 0.1) is 5.69 Å². The Bertz CT molecular complexity index is 975. The summed E-state index contributed by atoms with van der Waals surface area (Å²) in [6, 6.07) is 8.61. The largest absolute Gasteiger partial charge is 0.381 e. The Hall–Kier alpha value is -2.42. The normalized spacial score (nSPS) is 16.2. The molecule has 0 saturated carbocycles. The SMILES string of the molecule is OC(c1nccs1)c1cccc(F)c1N1CCN(Cc2ccc(F)c(F)c2)CC1. The van der Waals surface area contributed by atoms with Crippen LogP contribution in [0.15, 0.2) is 48.0 Å². The van der Waals surface area contributed by atoms with E-state index in [1.807, 2.05) is 4.90 Å². The molecule has 0 aliphatic carbocycles. The van der Waals surface area contributed by atoms with Crippen molar-refractivity contribution >= 4 is 17.0 Å². The van der Waals surface area contributed by atoms with E-state index in [0.29, 0.717) is 54.5 Å². The number of piperazine rings is 1.